The third-order valence-electron chi connectivity index (χ3n) is 3.28. The first-order valence-corrected chi connectivity index (χ1v) is 7.22. The predicted molar refractivity (Wildman–Crippen MR) is 85.8 cm³/mol. The van der Waals surface area contributed by atoms with Crippen LogP contribution in [-0.4, -0.2) is 47.7 Å². The number of nitrogens with one attached hydrogen (secondary N) is 1. The lowest BCUT2D eigenvalue weighted by atomic mass is 10.1. The summed E-state index contributed by atoms with van der Waals surface area (Å²) in [4.78, 5) is 22.6. The summed E-state index contributed by atoms with van der Waals surface area (Å²) >= 11 is 0. The molecule has 116 valence electrons. The monoisotopic (exact) mass is 300 g/mol. The minimum absolute atomic E-state index is 0.00206. The third-order valence-corrected chi connectivity index (χ3v) is 3.28. The van der Waals surface area contributed by atoms with Crippen molar-refractivity contribution in [1.29, 1.82) is 0 Å². The second kappa shape index (κ2) is 7.51. The van der Waals surface area contributed by atoms with Gasteiger partial charge in [0.1, 0.15) is 5.69 Å². The molecule has 2 rings (SSSR count). The molecule has 0 aliphatic carbocycles. The van der Waals surface area contributed by atoms with Crippen LogP contribution in [0.25, 0.3) is 11.3 Å². The maximum atomic E-state index is 11.9. The average Bonchev–Trinajstić information content (AvgIpc) is 2.59. The zero-order chi connectivity index (χ0) is 15.9. The molecule has 2 N–H and O–H groups in total. The van der Waals surface area contributed by atoms with Crippen LogP contribution in [0.5, 0.6) is 0 Å². The van der Waals surface area contributed by atoms with Gasteiger partial charge in [0, 0.05) is 25.7 Å². The Bertz CT molecular complexity index is 631. The maximum Gasteiger partial charge on any atom is 0.269 e. The van der Waals surface area contributed by atoms with Gasteiger partial charge >= 0.3 is 0 Å². The summed E-state index contributed by atoms with van der Waals surface area (Å²) in [7, 11) is 1.57. The maximum absolute atomic E-state index is 11.9. The molecule has 0 spiro atoms. The minimum Gasteiger partial charge on any atom is -0.395 e. The molecule has 0 atom stereocenters. The van der Waals surface area contributed by atoms with E-state index in [1.807, 2.05) is 42.2 Å². The molecule has 0 aliphatic rings. The summed E-state index contributed by atoms with van der Waals surface area (Å²) in [5, 5.41) is 11.7. The van der Waals surface area contributed by atoms with Crippen LogP contribution in [-0.2, 0) is 0 Å². The van der Waals surface area contributed by atoms with Crippen molar-refractivity contribution in [3.8, 4) is 11.3 Å². The van der Waals surface area contributed by atoms with Crippen LogP contribution in [0.15, 0.2) is 36.4 Å². The molecule has 0 unspecified atom stereocenters. The van der Waals surface area contributed by atoms with Crippen molar-refractivity contribution in [1.82, 2.24) is 15.3 Å². The van der Waals surface area contributed by atoms with E-state index >= 15 is 0 Å². The second-order valence-electron chi connectivity index (χ2n) is 4.69. The van der Waals surface area contributed by atoms with Gasteiger partial charge in [0.25, 0.3) is 5.91 Å². The van der Waals surface area contributed by atoms with E-state index in [0.29, 0.717) is 30.4 Å². The second-order valence-corrected chi connectivity index (χ2v) is 4.69. The SMILES string of the molecule is CCN(CCO)c1nc(C(=O)NC)cc(-c2ccccc2)n1. The van der Waals surface area contributed by atoms with Gasteiger partial charge < -0.3 is 15.3 Å². The highest BCUT2D eigenvalue weighted by molar-refractivity contribution is 5.93. The number of hydrogen-bond donors (Lipinski definition) is 2. The lowest BCUT2D eigenvalue weighted by molar-refractivity contribution is 0.0958. The minimum atomic E-state index is -0.263. The number of carbonyl (C=O) groups is 1. The van der Waals surface area contributed by atoms with Gasteiger partial charge in [-0.1, -0.05) is 30.3 Å². The van der Waals surface area contributed by atoms with E-state index in [0.717, 1.165) is 5.56 Å². The number of carbonyl (C=O) groups excluding carboxylic acids is 1. The first kappa shape index (κ1) is 15.9. The van der Waals surface area contributed by atoms with Crippen LogP contribution in [0, 0.1) is 0 Å². The Morgan fingerprint density at radius 3 is 2.59 bits per heavy atom. The van der Waals surface area contributed by atoms with Crippen LogP contribution >= 0.6 is 0 Å². The Balaban J connectivity index is 2.52. The Labute approximate surface area is 129 Å². The van der Waals surface area contributed by atoms with E-state index in [9.17, 15) is 4.79 Å². The number of anilines is 1. The molecular formula is C16H20N4O2. The molecule has 0 fully saturated rings. The van der Waals surface area contributed by atoms with Crippen molar-refractivity contribution >= 4 is 11.9 Å². The van der Waals surface area contributed by atoms with Crippen molar-refractivity contribution in [2.75, 3.05) is 31.6 Å². The normalized spacial score (nSPS) is 10.3. The average molecular weight is 300 g/mol. The molecule has 1 heterocycles. The first-order valence-electron chi connectivity index (χ1n) is 7.22. The number of rotatable bonds is 6. The van der Waals surface area contributed by atoms with Gasteiger partial charge in [-0.3, -0.25) is 4.79 Å². The molecule has 6 nitrogen and oxygen atoms in total. The van der Waals surface area contributed by atoms with Crippen molar-refractivity contribution in [2.45, 2.75) is 6.92 Å². The van der Waals surface area contributed by atoms with Crippen LogP contribution in [0.2, 0.25) is 0 Å². The summed E-state index contributed by atoms with van der Waals surface area (Å²) < 4.78 is 0. The number of benzene rings is 1. The fourth-order valence-electron chi connectivity index (χ4n) is 2.10. The van der Waals surface area contributed by atoms with Crippen molar-refractivity contribution in [3.63, 3.8) is 0 Å². The summed E-state index contributed by atoms with van der Waals surface area (Å²) in [5.74, 6) is 0.178. The summed E-state index contributed by atoms with van der Waals surface area (Å²) in [6.07, 6.45) is 0. The Hall–Kier alpha value is -2.47. The van der Waals surface area contributed by atoms with Gasteiger partial charge in [-0.05, 0) is 13.0 Å². The number of likely N-dealkylation sites (N-methyl/N-ethyl adjacent to an activating group) is 1. The lowest BCUT2D eigenvalue weighted by Crippen LogP contribution is -2.29. The fraction of sp³-hybridized carbons (Fsp3) is 0.312. The van der Waals surface area contributed by atoms with E-state index in [-0.39, 0.29) is 12.5 Å². The van der Waals surface area contributed by atoms with Gasteiger partial charge in [0.15, 0.2) is 0 Å². The van der Waals surface area contributed by atoms with Crippen LogP contribution < -0.4 is 10.2 Å². The van der Waals surface area contributed by atoms with Gasteiger partial charge in [-0.15, -0.1) is 0 Å². The Kier molecular flexibility index (Phi) is 5.43. The number of nitrogens with zero attached hydrogens (tertiary/aromatic N) is 3. The molecule has 6 heteroatoms. The first-order chi connectivity index (χ1) is 10.7. The Morgan fingerprint density at radius 2 is 2.00 bits per heavy atom. The van der Waals surface area contributed by atoms with E-state index in [4.69, 9.17) is 5.11 Å². The molecule has 0 radical (unpaired) electrons. The number of aliphatic hydroxyl groups excluding tert-OH is 1. The molecular weight excluding hydrogens is 280 g/mol. The molecule has 0 bridgehead atoms. The number of amides is 1. The topological polar surface area (TPSA) is 78.3 Å². The van der Waals surface area contributed by atoms with Crippen molar-refractivity contribution < 1.29 is 9.90 Å². The highest BCUT2D eigenvalue weighted by atomic mass is 16.3. The van der Waals surface area contributed by atoms with E-state index in [1.54, 1.807) is 13.1 Å². The van der Waals surface area contributed by atoms with Gasteiger partial charge in [-0.25, -0.2) is 9.97 Å². The summed E-state index contributed by atoms with van der Waals surface area (Å²) in [6, 6.07) is 11.3. The molecule has 1 amide bonds. The fourth-order valence-corrected chi connectivity index (χ4v) is 2.10. The number of aliphatic hydroxyl groups is 1. The smallest absolute Gasteiger partial charge is 0.269 e. The van der Waals surface area contributed by atoms with E-state index < -0.39 is 0 Å². The molecule has 0 saturated heterocycles. The van der Waals surface area contributed by atoms with Gasteiger partial charge in [-0.2, -0.15) is 0 Å². The molecule has 1 aromatic heterocycles. The van der Waals surface area contributed by atoms with E-state index in [1.165, 1.54) is 0 Å². The predicted octanol–water partition coefficient (Wildman–Crippen LogP) is 1.32. The molecule has 0 aliphatic heterocycles. The lowest BCUT2D eigenvalue weighted by Gasteiger charge is -2.20. The number of hydrogen-bond acceptors (Lipinski definition) is 5. The zero-order valence-corrected chi connectivity index (χ0v) is 12.8. The van der Waals surface area contributed by atoms with Gasteiger partial charge in [0.05, 0.1) is 12.3 Å². The van der Waals surface area contributed by atoms with E-state index in [2.05, 4.69) is 15.3 Å². The standard InChI is InChI=1S/C16H20N4O2/c1-3-20(9-10-21)16-18-13(12-7-5-4-6-8-12)11-14(19-16)15(22)17-2/h4-8,11,21H,3,9-10H2,1-2H3,(H,17,22). The highest BCUT2D eigenvalue weighted by Gasteiger charge is 2.15. The van der Waals surface area contributed by atoms with Crippen LogP contribution in [0.3, 0.4) is 0 Å². The van der Waals surface area contributed by atoms with Crippen LogP contribution in [0.1, 0.15) is 17.4 Å². The molecule has 22 heavy (non-hydrogen) atoms. The van der Waals surface area contributed by atoms with Crippen molar-refractivity contribution in [3.05, 3.63) is 42.1 Å². The molecule has 1 aromatic carbocycles. The Morgan fingerprint density at radius 1 is 1.27 bits per heavy atom. The summed E-state index contributed by atoms with van der Waals surface area (Å²) in [6.45, 7) is 3.02. The molecule has 0 saturated carbocycles. The number of aromatic nitrogens is 2. The highest BCUT2D eigenvalue weighted by Crippen LogP contribution is 2.20. The van der Waals surface area contributed by atoms with Gasteiger partial charge in [0.2, 0.25) is 5.95 Å². The quantitative estimate of drug-likeness (QED) is 0.841. The molecule has 2 aromatic rings. The van der Waals surface area contributed by atoms with Crippen LogP contribution in [0.4, 0.5) is 5.95 Å². The van der Waals surface area contributed by atoms with Crippen molar-refractivity contribution in [2.24, 2.45) is 0 Å². The summed E-state index contributed by atoms with van der Waals surface area (Å²) in [5.41, 5.74) is 1.90. The third kappa shape index (κ3) is 3.59. The zero-order valence-electron chi connectivity index (χ0n) is 12.8. The largest absolute Gasteiger partial charge is 0.395 e.